The van der Waals surface area contributed by atoms with Crippen LogP contribution in [-0.4, -0.2) is 17.8 Å². The summed E-state index contributed by atoms with van der Waals surface area (Å²) in [4.78, 5) is 13.1. The number of hydrogen-bond acceptors (Lipinski definition) is 5. The number of para-hydroxylation sites is 1. The van der Waals surface area contributed by atoms with Gasteiger partial charge in [-0.05, 0) is 24.3 Å². The maximum absolute atomic E-state index is 9.43. The Morgan fingerprint density at radius 2 is 2.00 bits per heavy atom. The van der Waals surface area contributed by atoms with Crippen molar-refractivity contribution in [3.63, 3.8) is 0 Å². The topological polar surface area (TPSA) is 70.6 Å². The van der Waals surface area contributed by atoms with Gasteiger partial charge >= 0.3 is 0 Å². The molecule has 1 aromatic heterocycles. The Labute approximate surface area is 151 Å². The number of aliphatic imine (C=N–C) groups is 1. The molecule has 0 amide bonds. The second-order valence-corrected chi connectivity index (χ2v) is 5.28. The molecule has 3 rings (SSSR count). The minimum absolute atomic E-state index is 0.398. The van der Waals surface area contributed by atoms with Gasteiger partial charge in [-0.25, -0.2) is 4.99 Å². The van der Waals surface area contributed by atoms with Crippen LogP contribution in [0.3, 0.4) is 0 Å². The molecule has 0 saturated carbocycles. The normalized spacial score (nSPS) is 13.5. The molecule has 5 heteroatoms. The maximum Gasteiger partial charge on any atom is 0.106 e. The van der Waals surface area contributed by atoms with E-state index in [0.717, 1.165) is 10.6 Å². The molecule has 0 saturated heterocycles. The van der Waals surface area contributed by atoms with Gasteiger partial charge in [-0.2, -0.15) is 5.26 Å². The number of allylic oxidation sites excluding steroid dienone is 3. The molecule has 1 aliphatic rings. The molecular weight excluding hydrogens is 324 g/mol. The summed E-state index contributed by atoms with van der Waals surface area (Å²) in [5, 5.41) is 11.0. The fraction of sp³-hybridized carbons (Fsp3) is 0.0476. The SMILES string of the molecule is N#Cc1cncc2c1N=c1ccccc1=CN=CC=CC=CCOC=C2. The monoisotopic (exact) mass is 340 g/mol. The second kappa shape index (κ2) is 8.90. The zero-order chi connectivity index (χ0) is 18.0. The van der Waals surface area contributed by atoms with E-state index in [1.54, 1.807) is 30.9 Å². The molecule has 5 nitrogen and oxygen atoms in total. The molecule has 2 heterocycles. The summed E-state index contributed by atoms with van der Waals surface area (Å²) in [5.41, 5.74) is 1.66. The summed E-state index contributed by atoms with van der Waals surface area (Å²) in [5.74, 6) is 0. The number of pyridine rings is 1. The van der Waals surface area contributed by atoms with Gasteiger partial charge in [0.25, 0.3) is 0 Å². The van der Waals surface area contributed by atoms with Gasteiger partial charge in [0.1, 0.15) is 12.7 Å². The first-order valence-corrected chi connectivity index (χ1v) is 8.03. The largest absolute Gasteiger partial charge is 0.497 e. The molecule has 126 valence electrons. The molecular formula is C21H16N4O. The van der Waals surface area contributed by atoms with Crippen LogP contribution in [0.15, 0.2) is 77.2 Å². The first kappa shape index (κ1) is 17.1. The Morgan fingerprint density at radius 1 is 1.08 bits per heavy atom. The number of nitriles is 1. The Balaban J connectivity index is 2.24. The average molecular weight is 340 g/mol. The number of nitrogens with zero attached hydrogens (tertiary/aromatic N) is 4. The third kappa shape index (κ3) is 4.40. The zero-order valence-corrected chi connectivity index (χ0v) is 14.0. The van der Waals surface area contributed by atoms with E-state index in [1.807, 2.05) is 48.6 Å². The van der Waals surface area contributed by atoms with Crippen LogP contribution in [0.1, 0.15) is 11.1 Å². The van der Waals surface area contributed by atoms with Gasteiger partial charge in [-0.15, -0.1) is 0 Å². The van der Waals surface area contributed by atoms with Crippen LogP contribution in [-0.2, 0) is 4.74 Å². The summed E-state index contributed by atoms with van der Waals surface area (Å²) < 4.78 is 5.44. The molecule has 0 N–H and O–H groups in total. The van der Waals surface area contributed by atoms with Crippen molar-refractivity contribution in [1.82, 2.24) is 4.98 Å². The quantitative estimate of drug-likeness (QED) is 0.740. The van der Waals surface area contributed by atoms with Gasteiger partial charge in [-0.3, -0.25) is 9.98 Å². The standard InChI is InChI=1S/C21H16N4O/c22-13-19-16-24-15-18-9-12-26-11-6-2-1-5-10-23-14-17-7-3-4-8-20(17)25-21(18)19/h1-10,12,14-16H,11H2. The van der Waals surface area contributed by atoms with E-state index >= 15 is 0 Å². The van der Waals surface area contributed by atoms with Crippen molar-refractivity contribution < 1.29 is 4.74 Å². The maximum atomic E-state index is 9.43. The fourth-order valence-electron chi connectivity index (χ4n) is 2.27. The van der Waals surface area contributed by atoms with Crippen molar-refractivity contribution >= 4 is 24.2 Å². The highest BCUT2D eigenvalue weighted by Gasteiger charge is 2.06. The molecule has 0 spiro atoms. The number of ether oxygens (including phenoxy) is 1. The predicted molar refractivity (Wildman–Crippen MR) is 102 cm³/mol. The van der Waals surface area contributed by atoms with Crippen LogP contribution in [0.2, 0.25) is 0 Å². The average Bonchev–Trinajstić information content (AvgIpc) is 2.67. The van der Waals surface area contributed by atoms with Crippen molar-refractivity contribution in [3.05, 3.63) is 88.9 Å². The lowest BCUT2D eigenvalue weighted by Gasteiger charge is -2.03. The molecule has 1 aromatic carbocycles. The lowest BCUT2D eigenvalue weighted by molar-refractivity contribution is 0.292. The lowest BCUT2D eigenvalue weighted by Crippen LogP contribution is -2.23. The third-order valence-electron chi connectivity index (χ3n) is 3.52. The molecule has 0 aliphatic carbocycles. The van der Waals surface area contributed by atoms with Crippen molar-refractivity contribution in [3.8, 4) is 6.07 Å². The van der Waals surface area contributed by atoms with Gasteiger partial charge in [0.2, 0.25) is 0 Å². The van der Waals surface area contributed by atoms with Gasteiger partial charge < -0.3 is 4.74 Å². The molecule has 0 bridgehead atoms. The smallest absolute Gasteiger partial charge is 0.106 e. The molecule has 1 aliphatic heterocycles. The highest BCUT2D eigenvalue weighted by atomic mass is 16.5. The van der Waals surface area contributed by atoms with Crippen LogP contribution in [0.5, 0.6) is 0 Å². The van der Waals surface area contributed by atoms with Crippen LogP contribution >= 0.6 is 0 Å². The van der Waals surface area contributed by atoms with Crippen LogP contribution < -0.4 is 10.6 Å². The number of rotatable bonds is 0. The fourth-order valence-corrected chi connectivity index (χ4v) is 2.27. The molecule has 0 atom stereocenters. The van der Waals surface area contributed by atoms with Crippen LogP contribution in [0.4, 0.5) is 5.69 Å². The zero-order valence-electron chi connectivity index (χ0n) is 14.0. The Kier molecular flexibility index (Phi) is 5.84. The molecule has 2 aromatic rings. The Hall–Kier alpha value is -3.78. The van der Waals surface area contributed by atoms with Gasteiger partial charge in [0.15, 0.2) is 0 Å². The molecule has 0 radical (unpaired) electrons. The Bertz CT molecular complexity index is 1060. The van der Waals surface area contributed by atoms with Crippen molar-refractivity contribution in [2.24, 2.45) is 9.98 Å². The Morgan fingerprint density at radius 3 is 2.92 bits per heavy atom. The predicted octanol–water partition coefficient (Wildman–Crippen LogP) is 2.83. The van der Waals surface area contributed by atoms with E-state index in [1.165, 1.54) is 6.20 Å². The summed E-state index contributed by atoms with van der Waals surface area (Å²) >= 11 is 0. The molecule has 26 heavy (non-hydrogen) atoms. The van der Waals surface area contributed by atoms with Crippen molar-refractivity contribution in [1.29, 1.82) is 5.26 Å². The van der Waals surface area contributed by atoms with Gasteiger partial charge in [0, 0.05) is 35.6 Å². The highest BCUT2D eigenvalue weighted by molar-refractivity contribution is 5.74. The third-order valence-corrected chi connectivity index (χ3v) is 3.52. The van der Waals surface area contributed by atoms with E-state index < -0.39 is 0 Å². The minimum atomic E-state index is 0.398. The summed E-state index contributed by atoms with van der Waals surface area (Å²) in [7, 11) is 0. The summed E-state index contributed by atoms with van der Waals surface area (Å²) in [6, 6.07) is 9.77. The number of hydrogen-bond donors (Lipinski definition) is 0. The van der Waals surface area contributed by atoms with E-state index in [0.29, 0.717) is 23.4 Å². The first-order chi connectivity index (χ1) is 12.9. The van der Waals surface area contributed by atoms with E-state index in [4.69, 9.17) is 9.73 Å². The number of fused-ring (bicyclic) bond motifs is 2. The van der Waals surface area contributed by atoms with E-state index in [-0.39, 0.29) is 0 Å². The van der Waals surface area contributed by atoms with Gasteiger partial charge in [0.05, 0.1) is 22.9 Å². The number of aromatic nitrogens is 1. The van der Waals surface area contributed by atoms with E-state index in [2.05, 4.69) is 16.0 Å². The van der Waals surface area contributed by atoms with E-state index in [9.17, 15) is 5.26 Å². The van der Waals surface area contributed by atoms with Crippen LogP contribution in [0.25, 0.3) is 12.3 Å². The highest BCUT2D eigenvalue weighted by Crippen LogP contribution is 2.23. The minimum Gasteiger partial charge on any atom is -0.497 e. The van der Waals surface area contributed by atoms with Gasteiger partial charge in [-0.1, -0.05) is 30.4 Å². The second-order valence-electron chi connectivity index (χ2n) is 5.28. The number of benzene rings is 1. The van der Waals surface area contributed by atoms with Crippen molar-refractivity contribution in [2.45, 2.75) is 0 Å². The lowest BCUT2D eigenvalue weighted by atomic mass is 10.1. The van der Waals surface area contributed by atoms with Crippen LogP contribution in [0, 0.1) is 11.3 Å². The summed E-state index contributed by atoms with van der Waals surface area (Å²) in [6.45, 7) is 0.435. The summed E-state index contributed by atoms with van der Waals surface area (Å²) in [6.07, 6.45) is 17.4. The first-order valence-electron chi connectivity index (χ1n) is 8.03. The van der Waals surface area contributed by atoms with Crippen molar-refractivity contribution in [2.75, 3.05) is 6.61 Å². The molecule has 0 fully saturated rings. The molecule has 0 unspecified atom stereocenters.